The Balaban J connectivity index is -0.000000207. The van der Waals surface area contributed by atoms with Gasteiger partial charge in [-0.1, -0.05) is 51.1 Å². The summed E-state index contributed by atoms with van der Waals surface area (Å²) in [7, 11) is -2.98. The van der Waals surface area contributed by atoms with Crippen LogP contribution in [0.1, 0.15) is 26.3 Å². The standard InChI is InChI=1S/C8H10.C2H6.CH5NO.H3NO4S/c1-2-8-6-4-3-5-7-8;1-2;1-3-2;1-5-6(2,3)4/h3-7H,2H2,1H3;1-2H3;2H2,1H3;1H2,(H,2,3,4). The molecule has 0 heterocycles. The van der Waals surface area contributed by atoms with Crippen LogP contribution in [0.2, 0.25) is 0 Å². The smallest absolute Gasteiger partial charge is 0.308 e. The van der Waals surface area contributed by atoms with Gasteiger partial charge in [0.2, 0.25) is 0 Å². The van der Waals surface area contributed by atoms with Gasteiger partial charge in [-0.2, -0.15) is 18.6 Å². The van der Waals surface area contributed by atoms with E-state index in [0.717, 1.165) is 6.42 Å². The molecule has 7 nitrogen and oxygen atoms in total. The molecule has 114 valence electrons. The molecule has 0 aliphatic rings. The van der Waals surface area contributed by atoms with E-state index in [1.54, 1.807) is 0 Å². The molecule has 0 aliphatic carbocycles. The second kappa shape index (κ2) is 17.0. The van der Waals surface area contributed by atoms with E-state index in [1.165, 1.54) is 12.7 Å². The average molecular weight is 296 g/mol. The van der Waals surface area contributed by atoms with Gasteiger partial charge in [0, 0.05) is 0 Å². The van der Waals surface area contributed by atoms with Crippen molar-refractivity contribution in [1.29, 1.82) is 0 Å². The quantitative estimate of drug-likeness (QED) is 0.557. The largest absolute Gasteiger partial charge is 0.413 e. The third-order valence-corrected chi connectivity index (χ3v) is 1.62. The zero-order valence-electron chi connectivity index (χ0n) is 11.7. The molecule has 1 aromatic rings. The molecule has 0 amide bonds. The van der Waals surface area contributed by atoms with Crippen LogP contribution in [0.5, 0.6) is 0 Å². The highest BCUT2D eigenvalue weighted by atomic mass is 32.3. The van der Waals surface area contributed by atoms with Gasteiger partial charge in [0.05, 0.1) is 7.11 Å². The van der Waals surface area contributed by atoms with Crippen molar-refractivity contribution < 1.29 is 22.1 Å². The summed E-state index contributed by atoms with van der Waals surface area (Å²) in [5.41, 5.74) is 1.41. The fourth-order valence-electron chi connectivity index (χ4n) is 0.714. The molecular formula is C11H24N2O5S. The molecule has 0 radical (unpaired) electrons. The summed E-state index contributed by atoms with van der Waals surface area (Å²) in [6, 6.07) is 10.5. The number of hydrogen-bond donors (Lipinski definition) is 3. The maximum atomic E-state index is 9.21. The normalized spacial score (nSPS) is 8.79. The van der Waals surface area contributed by atoms with Crippen LogP contribution in [0.15, 0.2) is 30.3 Å². The van der Waals surface area contributed by atoms with E-state index in [0.29, 0.717) is 0 Å². The summed E-state index contributed by atoms with van der Waals surface area (Å²) in [6.45, 7) is 6.16. The van der Waals surface area contributed by atoms with Gasteiger partial charge >= 0.3 is 10.4 Å². The molecule has 0 spiro atoms. The number of rotatable bonds is 2. The number of benzene rings is 1. The minimum Gasteiger partial charge on any atom is -0.308 e. The van der Waals surface area contributed by atoms with E-state index in [1.807, 2.05) is 19.9 Å². The van der Waals surface area contributed by atoms with Crippen molar-refractivity contribution in [3.8, 4) is 0 Å². The Morgan fingerprint density at radius 2 is 1.47 bits per heavy atom. The molecule has 5 N–H and O–H groups in total. The van der Waals surface area contributed by atoms with Gasteiger partial charge in [-0.3, -0.25) is 4.55 Å². The summed E-state index contributed by atoms with van der Waals surface area (Å²) in [5.74, 6) is 8.31. The predicted molar refractivity (Wildman–Crippen MR) is 75.2 cm³/mol. The second-order valence-electron chi connectivity index (χ2n) is 2.60. The van der Waals surface area contributed by atoms with Crippen molar-refractivity contribution in [2.45, 2.75) is 27.2 Å². The van der Waals surface area contributed by atoms with Crippen LogP contribution >= 0.6 is 0 Å². The van der Waals surface area contributed by atoms with Crippen molar-refractivity contribution in [3.63, 3.8) is 0 Å². The SMILES string of the molecule is CC.CCc1ccccc1.CON.NOS(=O)(=O)O. The van der Waals surface area contributed by atoms with Gasteiger partial charge in [-0.15, -0.1) is 0 Å². The van der Waals surface area contributed by atoms with Crippen LogP contribution in [0.3, 0.4) is 0 Å². The molecule has 0 saturated heterocycles. The molecule has 0 unspecified atom stereocenters. The Morgan fingerprint density at radius 1 is 1.16 bits per heavy atom. The summed E-state index contributed by atoms with van der Waals surface area (Å²) >= 11 is 0. The highest BCUT2D eigenvalue weighted by Gasteiger charge is 1.95. The summed E-state index contributed by atoms with van der Waals surface area (Å²) in [4.78, 5) is 3.75. The molecule has 0 aromatic heterocycles. The molecule has 0 aliphatic heterocycles. The van der Waals surface area contributed by atoms with Crippen molar-refractivity contribution in [3.05, 3.63) is 35.9 Å². The lowest BCUT2D eigenvalue weighted by molar-refractivity contribution is 0.206. The Bertz CT molecular complexity index is 357. The van der Waals surface area contributed by atoms with Gasteiger partial charge in [0.1, 0.15) is 0 Å². The predicted octanol–water partition coefficient (Wildman–Crippen LogP) is 1.46. The first-order valence-electron chi connectivity index (χ1n) is 5.53. The van der Waals surface area contributed by atoms with Gasteiger partial charge < -0.3 is 4.84 Å². The maximum Gasteiger partial charge on any atom is 0.413 e. The third kappa shape index (κ3) is 26.5. The average Bonchev–Trinajstić information content (AvgIpc) is 2.43. The fraction of sp³-hybridized carbons (Fsp3) is 0.455. The zero-order chi connectivity index (χ0) is 15.7. The maximum absolute atomic E-state index is 9.21. The molecule has 1 aromatic carbocycles. The van der Waals surface area contributed by atoms with Gasteiger partial charge in [-0.25, -0.2) is 5.90 Å². The Labute approximate surface area is 115 Å². The Morgan fingerprint density at radius 3 is 1.63 bits per heavy atom. The fourth-order valence-corrected chi connectivity index (χ4v) is 0.714. The lowest BCUT2D eigenvalue weighted by atomic mass is 10.2. The summed E-state index contributed by atoms with van der Waals surface area (Å²) in [5, 5.41) is 0. The van der Waals surface area contributed by atoms with Gasteiger partial charge in [-0.05, 0) is 12.0 Å². The summed E-state index contributed by atoms with van der Waals surface area (Å²) < 4.78 is 28.8. The zero-order valence-corrected chi connectivity index (χ0v) is 12.6. The minimum atomic E-state index is -4.38. The van der Waals surface area contributed by atoms with Crippen molar-refractivity contribution in [1.82, 2.24) is 0 Å². The van der Waals surface area contributed by atoms with Crippen LogP contribution in [-0.4, -0.2) is 20.1 Å². The van der Waals surface area contributed by atoms with E-state index < -0.39 is 10.4 Å². The second-order valence-corrected chi connectivity index (χ2v) is 3.65. The first kappa shape index (κ1) is 23.1. The van der Waals surface area contributed by atoms with E-state index in [4.69, 9.17) is 4.55 Å². The van der Waals surface area contributed by atoms with E-state index in [9.17, 15) is 8.42 Å². The number of nitrogens with two attached hydrogens (primary N) is 2. The van der Waals surface area contributed by atoms with Crippen molar-refractivity contribution in [2.75, 3.05) is 7.11 Å². The Hall–Kier alpha value is -1.03. The molecular weight excluding hydrogens is 272 g/mol. The van der Waals surface area contributed by atoms with Crippen molar-refractivity contribution >= 4 is 10.4 Å². The number of aryl methyl sites for hydroxylation is 1. The molecule has 0 atom stereocenters. The van der Waals surface area contributed by atoms with Crippen LogP contribution < -0.4 is 11.8 Å². The topological polar surface area (TPSA) is 125 Å². The lowest BCUT2D eigenvalue weighted by Crippen LogP contribution is -2.08. The van der Waals surface area contributed by atoms with Gasteiger partial charge in [0.25, 0.3) is 0 Å². The van der Waals surface area contributed by atoms with Crippen LogP contribution in [0.4, 0.5) is 0 Å². The first-order valence-corrected chi connectivity index (χ1v) is 6.90. The van der Waals surface area contributed by atoms with Crippen LogP contribution in [0.25, 0.3) is 0 Å². The third-order valence-electron chi connectivity index (χ3n) is 1.37. The molecule has 19 heavy (non-hydrogen) atoms. The first-order chi connectivity index (χ1) is 8.91. The van der Waals surface area contributed by atoms with Crippen molar-refractivity contribution in [2.24, 2.45) is 11.8 Å². The molecule has 0 fully saturated rings. The van der Waals surface area contributed by atoms with Crippen LogP contribution in [-0.2, 0) is 25.9 Å². The number of hydrogen-bond acceptors (Lipinski definition) is 6. The van der Waals surface area contributed by atoms with Crippen LogP contribution in [0, 0.1) is 0 Å². The highest BCUT2D eigenvalue weighted by Crippen LogP contribution is 1.96. The lowest BCUT2D eigenvalue weighted by Gasteiger charge is -1.89. The summed E-state index contributed by atoms with van der Waals surface area (Å²) in [6.07, 6.45) is 1.14. The molecule has 0 bridgehead atoms. The molecule has 8 heteroatoms. The van der Waals surface area contributed by atoms with E-state index in [2.05, 4.69) is 52.1 Å². The molecule has 0 saturated carbocycles. The van der Waals surface area contributed by atoms with Gasteiger partial charge in [0.15, 0.2) is 0 Å². The Kier molecular flexibility index (Phi) is 20.6. The van der Waals surface area contributed by atoms with E-state index >= 15 is 0 Å². The highest BCUT2D eigenvalue weighted by molar-refractivity contribution is 7.80. The molecule has 1 rings (SSSR count). The van der Waals surface area contributed by atoms with E-state index in [-0.39, 0.29) is 0 Å². The monoisotopic (exact) mass is 296 g/mol. The minimum absolute atomic E-state index is 1.14.